The van der Waals surface area contributed by atoms with Gasteiger partial charge in [-0.05, 0) is 42.7 Å². The van der Waals surface area contributed by atoms with Crippen LogP contribution >= 0.6 is 0 Å². The monoisotopic (exact) mass is 309 g/mol. The van der Waals surface area contributed by atoms with E-state index < -0.39 is 0 Å². The topological polar surface area (TPSA) is 55.4 Å². The first-order valence-electron chi connectivity index (χ1n) is 7.84. The SMILES string of the molecule is O=C(Nc1ccccc1)c1ccc(COC(=O)C2CCC2)cc1. The molecule has 0 aliphatic heterocycles. The van der Waals surface area contributed by atoms with Crippen LogP contribution in [0.5, 0.6) is 0 Å². The minimum atomic E-state index is -0.158. The number of carbonyl (C=O) groups is 2. The fourth-order valence-corrected chi connectivity index (χ4v) is 2.39. The van der Waals surface area contributed by atoms with Gasteiger partial charge in [0.25, 0.3) is 5.91 Å². The largest absolute Gasteiger partial charge is 0.461 e. The molecule has 1 N–H and O–H groups in total. The fraction of sp³-hybridized carbons (Fsp3) is 0.263. The first-order valence-corrected chi connectivity index (χ1v) is 7.84. The smallest absolute Gasteiger partial charge is 0.309 e. The highest BCUT2D eigenvalue weighted by Crippen LogP contribution is 2.27. The van der Waals surface area contributed by atoms with E-state index in [0.717, 1.165) is 30.5 Å². The number of anilines is 1. The lowest BCUT2D eigenvalue weighted by Gasteiger charge is -2.23. The van der Waals surface area contributed by atoms with Crippen LogP contribution in [0.15, 0.2) is 54.6 Å². The van der Waals surface area contributed by atoms with Gasteiger partial charge < -0.3 is 10.1 Å². The van der Waals surface area contributed by atoms with Crippen LogP contribution in [0.1, 0.15) is 35.2 Å². The third-order valence-electron chi connectivity index (χ3n) is 4.07. The predicted molar refractivity (Wildman–Crippen MR) is 88.0 cm³/mol. The zero-order valence-electron chi connectivity index (χ0n) is 12.8. The molecule has 2 aromatic carbocycles. The van der Waals surface area contributed by atoms with Crippen molar-refractivity contribution in [1.29, 1.82) is 0 Å². The third kappa shape index (κ3) is 3.97. The second-order valence-corrected chi connectivity index (χ2v) is 5.75. The van der Waals surface area contributed by atoms with Gasteiger partial charge in [0.1, 0.15) is 6.61 Å². The minimum Gasteiger partial charge on any atom is -0.461 e. The number of esters is 1. The maximum absolute atomic E-state index is 12.1. The molecule has 0 atom stereocenters. The van der Waals surface area contributed by atoms with E-state index in [2.05, 4.69) is 5.32 Å². The average molecular weight is 309 g/mol. The van der Waals surface area contributed by atoms with Gasteiger partial charge in [-0.2, -0.15) is 0 Å². The van der Waals surface area contributed by atoms with E-state index in [9.17, 15) is 9.59 Å². The molecule has 0 heterocycles. The summed E-state index contributed by atoms with van der Waals surface area (Å²) in [4.78, 5) is 23.8. The van der Waals surface area contributed by atoms with Crippen LogP contribution in [0.2, 0.25) is 0 Å². The van der Waals surface area contributed by atoms with E-state index in [1.54, 1.807) is 12.1 Å². The predicted octanol–water partition coefficient (Wildman–Crippen LogP) is 3.78. The Labute approximate surface area is 135 Å². The van der Waals surface area contributed by atoms with Crippen molar-refractivity contribution < 1.29 is 14.3 Å². The quantitative estimate of drug-likeness (QED) is 0.855. The number of benzene rings is 2. The molecule has 1 aliphatic rings. The van der Waals surface area contributed by atoms with Gasteiger partial charge in [-0.15, -0.1) is 0 Å². The number of hydrogen-bond acceptors (Lipinski definition) is 3. The summed E-state index contributed by atoms with van der Waals surface area (Å²) in [5, 5.41) is 2.83. The maximum atomic E-state index is 12.1. The van der Waals surface area contributed by atoms with E-state index in [0.29, 0.717) is 5.56 Å². The van der Waals surface area contributed by atoms with Crippen molar-refractivity contribution in [3.63, 3.8) is 0 Å². The highest BCUT2D eigenvalue weighted by atomic mass is 16.5. The number of hydrogen-bond donors (Lipinski definition) is 1. The van der Waals surface area contributed by atoms with Crippen LogP contribution in [0, 0.1) is 5.92 Å². The number of amides is 1. The molecule has 1 amide bonds. The minimum absolute atomic E-state index is 0.0888. The Bertz CT molecular complexity index is 676. The van der Waals surface area contributed by atoms with Crippen LogP contribution in [0.25, 0.3) is 0 Å². The van der Waals surface area contributed by atoms with E-state index in [1.807, 2.05) is 42.5 Å². The zero-order chi connectivity index (χ0) is 16.1. The molecular formula is C19H19NO3. The molecule has 0 bridgehead atoms. The summed E-state index contributed by atoms with van der Waals surface area (Å²) in [7, 11) is 0. The molecular weight excluding hydrogens is 290 g/mol. The molecule has 2 aromatic rings. The van der Waals surface area contributed by atoms with Crippen LogP contribution in [-0.2, 0) is 16.1 Å². The van der Waals surface area contributed by atoms with Gasteiger partial charge in [0, 0.05) is 11.3 Å². The number of ether oxygens (including phenoxy) is 1. The molecule has 1 fully saturated rings. The second kappa shape index (κ2) is 7.09. The number of para-hydroxylation sites is 1. The van der Waals surface area contributed by atoms with Crippen molar-refractivity contribution in [3.8, 4) is 0 Å². The van der Waals surface area contributed by atoms with Gasteiger partial charge in [0.2, 0.25) is 0 Å². The van der Waals surface area contributed by atoms with Crippen molar-refractivity contribution in [2.75, 3.05) is 5.32 Å². The normalized spacial score (nSPS) is 13.9. The van der Waals surface area contributed by atoms with Crippen molar-refractivity contribution in [1.82, 2.24) is 0 Å². The molecule has 4 heteroatoms. The van der Waals surface area contributed by atoms with E-state index in [1.165, 1.54) is 0 Å². The number of carbonyl (C=O) groups excluding carboxylic acids is 2. The second-order valence-electron chi connectivity index (χ2n) is 5.75. The molecule has 23 heavy (non-hydrogen) atoms. The van der Waals surface area contributed by atoms with Gasteiger partial charge in [-0.1, -0.05) is 36.8 Å². The Balaban J connectivity index is 1.54. The Morgan fingerprint density at radius 1 is 1.00 bits per heavy atom. The van der Waals surface area contributed by atoms with E-state index >= 15 is 0 Å². The first kappa shape index (κ1) is 15.3. The van der Waals surface area contributed by atoms with E-state index in [-0.39, 0.29) is 24.4 Å². The van der Waals surface area contributed by atoms with Crippen LogP contribution < -0.4 is 5.32 Å². The van der Waals surface area contributed by atoms with Crippen LogP contribution in [0.4, 0.5) is 5.69 Å². The molecule has 1 aliphatic carbocycles. The lowest BCUT2D eigenvalue weighted by molar-refractivity contribution is -0.152. The van der Waals surface area contributed by atoms with E-state index in [4.69, 9.17) is 4.74 Å². The number of rotatable bonds is 5. The summed E-state index contributed by atoms with van der Waals surface area (Å²) in [5.74, 6) is -0.178. The standard InChI is InChI=1S/C19H19NO3/c21-18(20-17-7-2-1-3-8-17)15-11-9-14(10-12-15)13-23-19(22)16-5-4-6-16/h1-3,7-12,16H,4-6,13H2,(H,20,21). The Morgan fingerprint density at radius 2 is 1.70 bits per heavy atom. The Hall–Kier alpha value is -2.62. The number of nitrogens with one attached hydrogen (secondary N) is 1. The molecule has 1 saturated carbocycles. The van der Waals surface area contributed by atoms with Gasteiger partial charge >= 0.3 is 5.97 Å². The van der Waals surface area contributed by atoms with Crippen LogP contribution in [-0.4, -0.2) is 11.9 Å². The van der Waals surface area contributed by atoms with Gasteiger partial charge in [0.05, 0.1) is 5.92 Å². The molecule has 0 radical (unpaired) electrons. The molecule has 118 valence electrons. The molecule has 3 rings (SSSR count). The lowest BCUT2D eigenvalue weighted by atomic mass is 9.86. The highest BCUT2D eigenvalue weighted by molar-refractivity contribution is 6.04. The lowest BCUT2D eigenvalue weighted by Crippen LogP contribution is -2.23. The Kier molecular flexibility index (Phi) is 4.71. The van der Waals surface area contributed by atoms with Gasteiger partial charge in [-0.3, -0.25) is 9.59 Å². The molecule has 4 nitrogen and oxygen atoms in total. The maximum Gasteiger partial charge on any atom is 0.309 e. The Morgan fingerprint density at radius 3 is 2.30 bits per heavy atom. The summed E-state index contributed by atoms with van der Waals surface area (Å²) in [6.45, 7) is 0.260. The van der Waals surface area contributed by atoms with Crippen molar-refractivity contribution >= 4 is 17.6 Å². The summed E-state index contributed by atoms with van der Waals surface area (Å²) in [6.07, 6.45) is 3.00. The first-order chi connectivity index (χ1) is 11.2. The molecule has 0 saturated heterocycles. The van der Waals surface area contributed by atoms with Crippen molar-refractivity contribution in [3.05, 3.63) is 65.7 Å². The van der Waals surface area contributed by atoms with Crippen molar-refractivity contribution in [2.24, 2.45) is 5.92 Å². The molecule has 0 spiro atoms. The molecule has 0 unspecified atom stereocenters. The summed E-state index contributed by atoms with van der Waals surface area (Å²) >= 11 is 0. The highest BCUT2D eigenvalue weighted by Gasteiger charge is 2.26. The third-order valence-corrected chi connectivity index (χ3v) is 4.07. The van der Waals surface area contributed by atoms with Gasteiger partial charge in [-0.25, -0.2) is 0 Å². The molecule has 0 aromatic heterocycles. The summed E-state index contributed by atoms with van der Waals surface area (Å²) < 4.78 is 5.29. The summed E-state index contributed by atoms with van der Waals surface area (Å²) in [5.41, 5.74) is 2.22. The zero-order valence-corrected chi connectivity index (χ0v) is 12.8. The van der Waals surface area contributed by atoms with Crippen LogP contribution in [0.3, 0.4) is 0 Å². The van der Waals surface area contributed by atoms with Gasteiger partial charge in [0.15, 0.2) is 0 Å². The average Bonchev–Trinajstić information content (AvgIpc) is 2.53. The summed E-state index contributed by atoms with van der Waals surface area (Å²) in [6, 6.07) is 16.4. The fourth-order valence-electron chi connectivity index (χ4n) is 2.39. The van der Waals surface area contributed by atoms with Crippen molar-refractivity contribution in [2.45, 2.75) is 25.9 Å².